The van der Waals surface area contributed by atoms with Gasteiger partial charge in [0.1, 0.15) is 5.75 Å². The van der Waals surface area contributed by atoms with Gasteiger partial charge >= 0.3 is 5.97 Å². The topological polar surface area (TPSA) is 60.8 Å². The number of aliphatic imine (C=N–C) groups is 1. The van der Waals surface area contributed by atoms with Crippen molar-refractivity contribution in [1.29, 1.82) is 0 Å². The Hall–Kier alpha value is -2.47. The highest BCUT2D eigenvalue weighted by Gasteiger charge is 2.24. The summed E-state index contributed by atoms with van der Waals surface area (Å²) in [5.74, 6) is 0.555. The van der Waals surface area contributed by atoms with Crippen LogP contribution in [0.5, 0.6) is 5.75 Å². The van der Waals surface area contributed by atoms with Gasteiger partial charge in [-0.25, -0.2) is 14.8 Å². The Morgan fingerprint density at radius 3 is 2.75 bits per heavy atom. The second-order valence-electron chi connectivity index (χ2n) is 3.98. The van der Waals surface area contributed by atoms with Crippen LogP contribution in [-0.4, -0.2) is 24.0 Å². The van der Waals surface area contributed by atoms with Crippen LogP contribution in [0.25, 0.3) is 6.08 Å². The van der Waals surface area contributed by atoms with Gasteiger partial charge < -0.3 is 9.47 Å². The third-order valence-corrected chi connectivity index (χ3v) is 3.30. The Balaban J connectivity index is 1.89. The molecular formula is C14H10N2O3S. The van der Waals surface area contributed by atoms with Crippen molar-refractivity contribution in [2.75, 3.05) is 7.11 Å². The Morgan fingerprint density at radius 2 is 2.10 bits per heavy atom. The third-order valence-electron chi connectivity index (χ3n) is 2.69. The first-order valence-corrected chi connectivity index (χ1v) is 6.76. The summed E-state index contributed by atoms with van der Waals surface area (Å²) in [6.07, 6.45) is 1.61. The molecule has 0 spiro atoms. The summed E-state index contributed by atoms with van der Waals surface area (Å²) >= 11 is 1.46. The molecule has 0 atom stereocenters. The van der Waals surface area contributed by atoms with Gasteiger partial charge in [0.25, 0.3) is 0 Å². The van der Waals surface area contributed by atoms with Crippen LogP contribution >= 0.6 is 11.3 Å². The van der Waals surface area contributed by atoms with Crippen molar-refractivity contribution in [3.8, 4) is 5.75 Å². The Labute approximate surface area is 119 Å². The minimum atomic E-state index is -0.469. The molecular weight excluding hydrogens is 276 g/mol. The van der Waals surface area contributed by atoms with Crippen LogP contribution in [0, 0.1) is 0 Å². The Morgan fingerprint density at radius 1 is 1.30 bits per heavy atom. The molecule has 0 saturated carbocycles. The van der Waals surface area contributed by atoms with E-state index in [1.807, 2.05) is 5.38 Å². The van der Waals surface area contributed by atoms with Crippen molar-refractivity contribution < 1.29 is 14.3 Å². The molecule has 1 aliphatic rings. The molecule has 0 radical (unpaired) electrons. The third kappa shape index (κ3) is 2.46. The number of nitrogens with zero attached hydrogens (tertiary/aromatic N) is 2. The minimum Gasteiger partial charge on any atom is -0.497 e. The van der Waals surface area contributed by atoms with Crippen LogP contribution in [0.15, 0.2) is 45.8 Å². The first-order valence-electron chi connectivity index (χ1n) is 5.81. The lowest BCUT2D eigenvalue weighted by molar-refractivity contribution is -0.129. The van der Waals surface area contributed by atoms with Crippen LogP contribution in [0.4, 0.5) is 0 Å². The van der Waals surface area contributed by atoms with E-state index in [1.165, 1.54) is 11.3 Å². The van der Waals surface area contributed by atoms with Crippen molar-refractivity contribution >= 4 is 29.3 Å². The highest BCUT2D eigenvalue weighted by molar-refractivity contribution is 7.07. The number of esters is 1. The van der Waals surface area contributed by atoms with Crippen molar-refractivity contribution in [2.24, 2.45) is 4.99 Å². The van der Waals surface area contributed by atoms with Gasteiger partial charge in [-0.05, 0) is 30.3 Å². The van der Waals surface area contributed by atoms with Crippen molar-refractivity contribution in [1.82, 2.24) is 4.98 Å². The van der Waals surface area contributed by atoms with E-state index in [1.54, 1.807) is 43.0 Å². The Bertz CT molecular complexity index is 688. The lowest BCUT2D eigenvalue weighted by Gasteiger charge is -2.01. The molecule has 1 aromatic heterocycles. The summed E-state index contributed by atoms with van der Waals surface area (Å²) in [5, 5.41) is 1.83. The number of ether oxygens (including phenoxy) is 2. The molecule has 2 aromatic rings. The molecule has 100 valence electrons. The van der Waals surface area contributed by atoms with E-state index in [4.69, 9.17) is 9.47 Å². The zero-order valence-corrected chi connectivity index (χ0v) is 11.4. The first-order chi connectivity index (χ1) is 9.76. The second kappa shape index (κ2) is 5.26. The molecule has 6 heteroatoms. The fourth-order valence-electron chi connectivity index (χ4n) is 1.70. The fraction of sp³-hybridized carbons (Fsp3) is 0.0714. The number of aromatic nitrogens is 1. The summed E-state index contributed by atoms with van der Waals surface area (Å²) < 4.78 is 10.2. The van der Waals surface area contributed by atoms with Crippen molar-refractivity contribution in [2.45, 2.75) is 0 Å². The molecule has 2 heterocycles. The van der Waals surface area contributed by atoms with Gasteiger partial charge in [0.05, 0.1) is 18.3 Å². The molecule has 3 rings (SSSR count). The van der Waals surface area contributed by atoms with E-state index in [2.05, 4.69) is 9.98 Å². The van der Waals surface area contributed by atoms with Crippen LogP contribution < -0.4 is 4.74 Å². The van der Waals surface area contributed by atoms with Gasteiger partial charge in [0.15, 0.2) is 5.70 Å². The normalized spacial score (nSPS) is 16.1. The Kier molecular flexibility index (Phi) is 3.30. The predicted octanol–water partition coefficient (Wildman–Crippen LogP) is 2.50. The van der Waals surface area contributed by atoms with E-state index in [0.717, 1.165) is 11.3 Å². The lowest BCUT2D eigenvalue weighted by atomic mass is 10.2. The number of cyclic esters (lactones) is 1. The van der Waals surface area contributed by atoms with E-state index in [9.17, 15) is 4.79 Å². The number of carbonyl (C=O) groups excluding carboxylic acids is 1. The second-order valence-corrected chi connectivity index (χ2v) is 4.70. The average molecular weight is 286 g/mol. The molecule has 5 nitrogen and oxygen atoms in total. The number of carbonyl (C=O) groups is 1. The molecule has 20 heavy (non-hydrogen) atoms. The summed E-state index contributed by atoms with van der Waals surface area (Å²) in [7, 11) is 1.59. The summed E-state index contributed by atoms with van der Waals surface area (Å²) in [5.41, 5.74) is 3.37. The maximum atomic E-state index is 11.8. The monoisotopic (exact) mass is 286 g/mol. The van der Waals surface area contributed by atoms with Gasteiger partial charge in [0, 0.05) is 10.9 Å². The number of hydrogen-bond donors (Lipinski definition) is 0. The highest BCUT2D eigenvalue weighted by Crippen LogP contribution is 2.20. The van der Waals surface area contributed by atoms with Gasteiger partial charge in [-0.15, -0.1) is 11.3 Å². The number of benzene rings is 1. The summed E-state index contributed by atoms with van der Waals surface area (Å²) in [6.45, 7) is 0. The van der Waals surface area contributed by atoms with Gasteiger partial charge in [0.2, 0.25) is 5.90 Å². The zero-order chi connectivity index (χ0) is 13.9. The van der Waals surface area contributed by atoms with Crippen molar-refractivity contribution in [3.63, 3.8) is 0 Å². The quantitative estimate of drug-likeness (QED) is 0.642. The first kappa shape index (κ1) is 12.6. The molecule has 0 fully saturated rings. The SMILES string of the molecule is COc1ccc(C2=N/C(=C/c3cscn3)C(=O)O2)cc1. The van der Waals surface area contributed by atoms with Gasteiger partial charge in [-0.2, -0.15) is 0 Å². The van der Waals surface area contributed by atoms with Gasteiger partial charge in [-0.3, -0.25) is 0 Å². The maximum absolute atomic E-state index is 11.8. The number of thiazole rings is 1. The van der Waals surface area contributed by atoms with Crippen LogP contribution in [0.3, 0.4) is 0 Å². The standard InChI is InChI=1S/C14H10N2O3S/c1-18-11-4-2-9(3-5-11)13-16-12(14(17)19-13)6-10-7-20-8-15-10/h2-8H,1H3/b12-6+. The van der Waals surface area contributed by atoms with Gasteiger partial charge in [-0.1, -0.05) is 0 Å². The average Bonchev–Trinajstić information content (AvgIpc) is 3.10. The molecule has 1 aromatic carbocycles. The summed E-state index contributed by atoms with van der Waals surface area (Å²) in [6, 6.07) is 7.15. The van der Waals surface area contributed by atoms with E-state index < -0.39 is 5.97 Å². The predicted molar refractivity (Wildman–Crippen MR) is 75.7 cm³/mol. The summed E-state index contributed by atoms with van der Waals surface area (Å²) in [4.78, 5) is 20.0. The van der Waals surface area contributed by atoms with E-state index >= 15 is 0 Å². The lowest BCUT2D eigenvalue weighted by Crippen LogP contribution is -2.05. The van der Waals surface area contributed by atoms with Crippen LogP contribution in [0.2, 0.25) is 0 Å². The molecule has 0 N–H and O–H groups in total. The molecule has 0 saturated heterocycles. The molecule has 0 bridgehead atoms. The zero-order valence-electron chi connectivity index (χ0n) is 10.6. The highest BCUT2D eigenvalue weighted by atomic mass is 32.1. The number of methoxy groups -OCH3 is 1. The minimum absolute atomic E-state index is 0.252. The number of rotatable bonds is 3. The fourth-order valence-corrected chi connectivity index (χ4v) is 2.21. The maximum Gasteiger partial charge on any atom is 0.363 e. The molecule has 0 aliphatic carbocycles. The largest absolute Gasteiger partial charge is 0.497 e. The molecule has 1 aliphatic heterocycles. The number of hydrogen-bond acceptors (Lipinski definition) is 6. The van der Waals surface area contributed by atoms with E-state index in [-0.39, 0.29) is 5.70 Å². The van der Waals surface area contributed by atoms with Crippen LogP contribution in [-0.2, 0) is 9.53 Å². The van der Waals surface area contributed by atoms with Crippen LogP contribution in [0.1, 0.15) is 11.3 Å². The van der Waals surface area contributed by atoms with E-state index in [0.29, 0.717) is 11.6 Å². The van der Waals surface area contributed by atoms with Crippen molar-refractivity contribution in [3.05, 3.63) is 52.1 Å². The smallest absolute Gasteiger partial charge is 0.363 e. The molecule has 0 amide bonds. The molecule has 0 unspecified atom stereocenters.